The van der Waals surface area contributed by atoms with E-state index in [1.54, 1.807) is 19.2 Å². The molecule has 1 aromatic heterocycles. The van der Waals surface area contributed by atoms with Crippen LogP contribution in [0.2, 0.25) is 0 Å². The molecule has 1 fully saturated rings. The van der Waals surface area contributed by atoms with Gasteiger partial charge in [-0.1, -0.05) is 18.2 Å². The van der Waals surface area contributed by atoms with E-state index in [-0.39, 0.29) is 17.9 Å². The molecule has 130 valence electrons. The van der Waals surface area contributed by atoms with E-state index in [1.807, 2.05) is 42.2 Å². The Kier molecular flexibility index (Phi) is 5.09. The molecule has 2 aromatic rings. The van der Waals surface area contributed by atoms with Gasteiger partial charge in [-0.15, -0.1) is 0 Å². The van der Waals surface area contributed by atoms with E-state index in [9.17, 15) is 9.59 Å². The van der Waals surface area contributed by atoms with Gasteiger partial charge in [-0.3, -0.25) is 9.59 Å². The molecule has 2 amide bonds. The molecule has 0 spiro atoms. The molecule has 25 heavy (non-hydrogen) atoms. The number of aromatic nitrogens is 1. The predicted octanol–water partition coefficient (Wildman–Crippen LogP) is 1.54. The highest BCUT2D eigenvalue weighted by molar-refractivity contribution is 5.94. The minimum absolute atomic E-state index is 0.0828. The summed E-state index contributed by atoms with van der Waals surface area (Å²) in [5, 5.41) is 5.96. The van der Waals surface area contributed by atoms with Crippen LogP contribution >= 0.6 is 0 Å². The number of hydrogen-bond acceptors (Lipinski definition) is 4. The molecule has 1 saturated heterocycles. The van der Waals surface area contributed by atoms with Gasteiger partial charge >= 0.3 is 0 Å². The molecule has 0 radical (unpaired) electrons. The molecule has 6 heteroatoms. The van der Waals surface area contributed by atoms with E-state index in [2.05, 4.69) is 15.6 Å². The predicted molar refractivity (Wildman–Crippen MR) is 95.5 cm³/mol. The van der Waals surface area contributed by atoms with Gasteiger partial charge in [-0.05, 0) is 36.8 Å². The van der Waals surface area contributed by atoms with Crippen LogP contribution in [0.3, 0.4) is 0 Å². The Bertz CT molecular complexity index is 790. The first-order chi connectivity index (χ1) is 12.1. The van der Waals surface area contributed by atoms with E-state index in [0.29, 0.717) is 24.3 Å². The Hall–Kier alpha value is -2.73. The zero-order valence-corrected chi connectivity index (χ0v) is 14.5. The lowest BCUT2D eigenvalue weighted by Crippen LogP contribution is -2.49. The highest BCUT2D eigenvalue weighted by Crippen LogP contribution is 2.24. The lowest BCUT2D eigenvalue weighted by Gasteiger charge is -2.36. The van der Waals surface area contributed by atoms with Crippen LogP contribution in [0, 0.1) is 6.92 Å². The first-order valence-electron chi connectivity index (χ1n) is 8.37. The lowest BCUT2D eigenvalue weighted by atomic mass is 10.00. The molecule has 0 aliphatic carbocycles. The van der Waals surface area contributed by atoms with E-state index in [4.69, 9.17) is 0 Å². The monoisotopic (exact) mass is 338 g/mol. The van der Waals surface area contributed by atoms with Gasteiger partial charge in [-0.25, -0.2) is 4.98 Å². The topological polar surface area (TPSA) is 74.3 Å². The van der Waals surface area contributed by atoms with Crippen molar-refractivity contribution in [3.05, 3.63) is 65.0 Å². The molecule has 1 aromatic carbocycles. The van der Waals surface area contributed by atoms with Crippen molar-refractivity contribution in [3.63, 3.8) is 0 Å². The average molecular weight is 338 g/mol. The summed E-state index contributed by atoms with van der Waals surface area (Å²) in [5.41, 5.74) is 2.80. The summed E-state index contributed by atoms with van der Waals surface area (Å²) in [5.74, 6) is -0.218. The summed E-state index contributed by atoms with van der Waals surface area (Å²) < 4.78 is 0. The number of nitrogens with one attached hydrogen (secondary N) is 2. The Labute approximate surface area is 147 Å². The van der Waals surface area contributed by atoms with Crippen LogP contribution < -0.4 is 10.6 Å². The molecule has 1 aliphatic heterocycles. The fraction of sp³-hybridized carbons (Fsp3) is 0.316. The van der Waals surface area contributed by atoms with Crippen molar-refractivity contribution < 1.29 is 9.59 Å². The highest BCUT2D eigenvalue weighted by atomic mass is 16.2. The Balaban J connectivity index is 1.91. The molecular weight excluding hydrogens is 316 g/mol. The molecule has 6 nitrogen and oxygen atoms in total. The largest absolute Gasteiger partial charge is 0.355 e. The smallest absolute Gasteiger partial charge is 0.273 e. The van der Waals surface area contributed by atoms with Crippen molar-refractivity contribution in [2.75, 3.05) is 26.7 Å². The fourth-order valence-electron chi connectivity index (χ4n) is 3.09. The first kappa shape index (κ1) is 17.1. The van der Waals surface area contributed by atoms with Crippen LogP contribution in [0.5, 0.6) is 0 Å². The molecular formula is C19H22N4O2. The maximum atomic E-state index is 13.0. The van der Waals surface area contributed by atoms with Gasteiger partial charge in [0.25, 0.3) is 11.8 Å². The first-order valence-corrected chi connectivity index (χ1v) is 8.37. The SMILES string of the molecule is CNC(=O)c1cccc([C@H]2CNCCN2C(=O)c2cccc(C)n2)c1. The third kappa shape index (κ3) is 3.69. The Morgan fingerprint density at radius 2 is 2.04 bits per heavy atom. The van der Waals surface area contributed by atoms with Crippen LogP contribution in [0.15, 0.2) is 42.5 Å². The number of piperazine rings is 1. The minimum atomic E-state index is -0.135. The third-order valence-corrected chi connectivity index (χ3v) is 4.37. The summed E-state index contributed by atoms with van der Waals surface area (Å²) in [6.45, 7) is 3.86. The summed E-state index contributed by atoms with van der Waals surface area (Å²) in [7, 11) is 1.61. The molecule has 2 heterocycles. The van der Waals surface area contributed by atoms with Gasteiger partial charge in [0.1, 0.15) is 5.69 Å². The average Bonchev–Trinajstić information content (AvgIpc) is 2.67. The molecule has 0 saturated carbocycles. The normalized spacial score (nSPS) is 17.2. The standard InChI is InChI=1S/C19H22N4O2/c1-13-5-3-8-16(22-13)19(25)23-10-9-21-12-17(23)14-6-4-7-15(11-14)18(24)20-2/h3-8,11,17,21H,9-10,12H2,1-2H3,(H,20,24)/t17-/m1/s1. The number of hydrogen-bond donors (Lipinski definition) is 2. The van der Waals surface area contributed by atoms with Gasteiger partial charge in [-0.2, -0.15) is 0 Å². The second-order valence-corrected chi connectivity index (χ2v) is 6.09. The highest BCUT2D eigenvalue weighted by Gasteiger charge is 2.29. The zero-order chi connectivity index (χ0) is 17.8. The van der Waals surface area contributed by atoms with Gasteiger partial charge in [0.2, 0.25) is 0 Å². The Morgan fingerprint density at radius 1 is 1.24 bits per heavy atom. The van der Waals surface area contributed by atoms with Crippen molar-refractivity contribution in [1.82, 2.24) is 20.5 Å². The van der Waals surface area contributed by atoms with E-state index < -0.39 is 0 Å². The van der Waals surface area contributed by atoms with Gasteiger partial charge in [0.05, 0.1) is 6.04 Å². The molecule has 2 N–H and O–H groups in total. The maximum Gasteiger partial charge on any atom is 0.273 e. The Morgan fingerprint density at radius 3 is 2.80 bits per heavy atom. The number of amides is 2. The second-order valence-electron chi connectivity index (χ2n) is 6.09. The van der Waals surface area contributed by atoms with Crippen LogP contribution in [0.4, 0.5) is 0 Å². The minimum Gasteiger partial charge on any atom is -0.355 e. The molecule has 3 rings (SSSR count). The quantitative estimate of drug-likeness (QED) is 0.890. The number of rotatable bonds is 3. The fourth-order valence-corrected chi connectivity index (χ4v) is 3.09. The molecule has 1 atom stereocenters. The molecule has 1 aliphatic rings. The molecule has 0 bridgehead atoms. The van der Waals surface area contributed by atoms with E-state index in [1.165, 1.54) is 0 Å². The van der Waals surface area contributed by atoms with Crippen molar-refractivity contribution in [3.8, 4) is 0 Å². The number of carbonyl (C=O) groups is 2. The van der Waals surface area contributed by atoms with Crippen LogP contribution in [0.1, 0.15) is 38.1 Å². The number of pyridine rings is 1. The van der Waals surface area contributed by atoms with Gasteiger partial charge in [0.15, 0.2) is 0 Å². The van der Waals surface area contributed by atoms with Crippen molar-refractivity contribution in [2.24, 2.45) is 0 Å². The van der Waals surface area contributed by atoms with E-state index in [0.717, 1.165) is 17.8 Å². The van der Waals surface area contributed by atoms with Gasteiger partial charge in [0, 0.05) is 37.9 Å². The van der Waals surface area contributed by atoms with E-state index >= 15 is 0 Å². The summed E-state index contributed by atoms with van der Waals surface area (Å²) in [6.07, 6.45) is 0. The lowest BCUT2D eigenvalue weighted by molar-refractivity contribution is 0.0628. The summed E-state index contributed by atoms with van der Waals surface area (Å²) in [4.78, 5) is 31.1. The van der Waals surface area contributed by atoms with Crippen LogP contribution in [0.25, 0.3) is 0 Å². The number of aryl methyl sites for hydroxylation is 1. The van der Waals surface area contributed by atoms with Crippen molar-refractivity contribution >= 4 is 11.8 Å². The van der Waals surface area contributed by atoms with Crippen molar-refractivity contribution in [1.29, 1.82) is 0 Å². The summed E-state index contributed by atoms with van der Waals surface area (Å²) >= 11 is 0. The van der Waals surface area contributed by atoms with Crippen molar-refractivity contribution in [2.45, 2.75) is 13.0 Å². The zero-order valence-electron chi connectivity index (χ0n) is 14.5. The number of carbonyl (C=O) groups excluding carboxylic acids is 2. The maximum absolute atomic E-state index is 13.0. The number of nitrogens with zero attached hydrogens (tertiary/aromatic N) is 2. The third-order valence-electron chi connectivity index (χ3n) is 4.37. The second kappa shape index (κ2) is 7.44. The molecule has 0 unspecified atom stereocenters. The van der Waals surface area contributed by atoms with Gasteiger partial charge < -0.3 is 15.5 Å². The summed E-state index contributed by atoms with van der Waals surface area (Å²) in [6, 6.07) is 12.8. The van der Waals surface area contributed by atoms with Crippen LogP contribution in [-0.2, 0) is 0 Å². The number of benzene rings is 1. The van der Waals surface area contributed by atoms with Crippen LogP contribution in [-0.4, -0.2) is 48.4 Å².